The van der Waals surface area contributed by atoms with Gasteiger partial charge in [0.1, 0.15) is 12.1 Å². The fourth-order valence-electron chi connectivity index (χ4n) is 3.96. The summed E-state index contributed by atoms with van der Waals surface area (Å²) in [7, 11) is 0. The van der Waals surface area contributed by atoms with Gasteiger partial charge >= 0.3 is 6.03 Å². The van der Waals surface area contributed by atoms with Crippen LogP contribution < -0.4 is 10.6 Å². The molecule has 8 heteroatoms. The Morgan fingerprint density at radius 1 is 1.19 bits per heavy atom. The maximum Gasteiger partial charge on any atom is 0.325 e. The van der Waals surface area contributed by atoms with Gasteiger partial charge < -0.3 is 10.6 Å². The van der Waals surface area contributed by atoms with Gasteiger partial charge in [-0.05, 0) is 50.3 Å². The van der Waals surface area contributed by atoms with Crippen molar-refractivity contribution >= 4 is 41.0 Å². The van der Waals surface area contributed by atoms with Gasteiger partial charge in [0.25, 0.3) is 5.91 Å². The molecular formula is C23H23Cl2N3O3. The van der Waals surface area contributed by atoms with Crippen molar-refractivity contribution in [2.75, 3.05) is 6.54 Å². The fourth-order valence-corrected chi connectivity index (χ4v) is 4.55. The van der Waals surface area contributed by atoms with E-state index in [1.807, 2.05) is 31.2 Å². The summed E-state index contributed by atoms with van der Waals surface area (Å²) in [5.74, 6) is -0.546. The number of nitrogens with one attached hydrogen (secondary N) is 2. The Hall–Kier alpha value is -2.57. The van der Waals surface area contributed by atoms with Crippen LogP contribution in [0.5, 0.6) is 0 Å². The largest absolute Gasteiger partial charge is 0.347 e. The number of carbonyl (C=O) groups is 3. The molecule has 1 heterocycles. The summed E-state index contributed by atoms with van der Waals surface area (Å²) in [6, 6.07) is 12.0. The van der Waals surface area contributed by atoms with Crippen molar-refractivity contribution in [2.24, 2.45) is 5.92 Å². The number of benzene rings is 2. The molecule has 2 unspecified atom stereocenters. The maximum absolute atomic E-state index is 13.1. The van der Waals surface area contributed by atoms with Gasteiger partial charge in [0.15, 0.2) is 0 Å². The number of urea groups is 1. The third-order valence-corrected chi connectivity index (χ3v) is 6.44. The van der Waals surface area contributed by atoms with E-state index < -0.39 is 17.5 Å². The third-order valence-electron chi connectivity index (χ3n) is 5.89. The Balaban J connectivity index is 1.49. The predicted molar refractivity (Wildman–Crippen MR) is 119 cm³/mol. The first-order chi connectivity index (χ1) is 14.7. The van der Waals surface area contributed by atoms with Gasteiger partial charge in [-0.3, -0.25) is 14.5 Å². The van der Waals surface area contributed by atoms with E-state index in [1.54, 1.807) is 19.1 Å². The van der Waals surface area contributed by atoms with Crippen molar-refractivity contribution in [1.29, 1.82) is 0 Å². The second-order valence-electron chi connectivity index (χ2n) is 8.36. The molecule has 4 rings (SSSR count). The zero-order valence-corrected chi connectivity index (χ0v) is 18.8. The first kappa shape index (κ1) is 21.7. The number of hydrogen-bond donors (Lipinski definition) is 2. The Kier molecular flexibility index (Phi) is 5.71. The van der Waals surface area contributed by atoms with Crippen molar-refractivity contribution < 1.29 is 14.4 Å². The highest BCUT2D eigenvalue weighted by Gasteiger charge is 2.50. The van der Waals surface area contributed by atoms with Crippen molar-refractivity contribution in [3.8, 4) is 0 Å². The smallest absolute Gasteiger partial charge is 0.325 e. The molecule has 2 fully saturated rings. The highest BCUT2D eigenvalue weighted by molar-refractivity contribution is 6.35. The van der Waals surface area contributed by atoms with Crippen LogP contribution in [0.25, 0.3) is 0 Å². The number of rotatable bonds is 6. The normalized spacial score (nSPS) is 21.7. The molecule has 1 saturated carbocycles. The van der Waals surface area contributed by atoms with Crippen LogP contribution in [0.1, 0.15) is 42.5 Å². The number of aryl methyl sites for hydroxylation is 1. The van der Waals surface area contributed by atoms with Crippen LogP contribution in [0.2, 0.25) is 10.0 Å². The van der Waals surface area contributed by atoms with Crippen LogP contribution in [-0.2, 0) is 15.1 Å². The average molecular weight is 460 g/mol. The fraction of sp³-hybridized carbons (Fsp3) is 0.348. The molecule has 162 valence electrons. The maximum atomic E-state index is 13.1. The van der Waals surface area contributed by atoms with Crippen LogP contribution in [0.4, 0.5) is 4.79 Å². The van der Waals surface area contributed by atoms with E-state index in [4.69, 9.17) is 23.2 Å². The molecule has 0 spiro atoms. The zero-order valence-electron chi connectivity index (χ0n) is 17.2. The molecular weight excluding hydrogens is 437 g/mol. The minimum absolute atomic E-state index is 0.133. The second-order valence-corrected chi connectivity index (χ2v) is 9.21. The quantitative estimate of drug-likeness (QED) is 0.630. The number of imide groups is 1. The van der Waals surface area contributed by atoms with E-state index in [-0.39, 0.29) is 23.5 Å². The van der Waals surface area contributed by atoms with E-state index in [0.29, 0.717) is 16.5 Å². The average Bonchev–Trinajstić information content (AvgIpc) is 3.52. The standard InChI is InChI=1S/C23H23Cl2N3O3/c1-13-3-5-14(6-4-13)20(15-7-8-15)26-19(29)12-28-21(30)23(2,27-22(28)31)17-10-9-16(24)11-18(17)25/h3-6,9-11,15,20H,7-8,12H2,1-2H3,(H,26,29)(H,27,31). The van der Waals surface area contributed by atoms with Crippen LogP contribution in [0.15, 0.2) is 42.5 Å². The highest BCUT2D eigenvalue weighted by Crippen LogP contribution is 2.41. The predicted octanol–water partition coefficient (Wildman–Crippen LogP) is 4.34. The van der Waals surface area contributed by atoms with Gasteiger partial charge in [-0.1, -0.05) is 59.1 Å². The molecule has 2 aromatic rings. The van der Waals surface area contributed by atoms with Crippen molar-refractivity contribution in [2.45, 2.75) is 38.3 Å². The molecule has 1 aliphatic carbocycles. The van der Waals surface area contributed by atoms with Crippen LogP contribution in [-0.4, -0.2) is 29.3 Å². The Morgan fingerprint density at radius 2 is 1.87 bits per heavy atom. The minimum Gasteiger partial charge on any atom is -0.347 e. The Labute approximate surface area is 190 Å². The first-order valence-corrected chi connectivity index (χ1v) is 10.9. The highest BCUT2D eigenvalue weighted by atomic mass is 35.5. The molecule has 0 radical (unpaired) electrons. The Morgan fingerprint density at radius 3 is 2.48 bits per heavy atom. The van der Waals surface area contributed by atoms with Crippen molar-refractivity contribution in [3.63, 3.8) is 0 Å². The number of amides is 4. The van der Waals surface area contributed by atoms with Crippen LogP contribution >= 0.6 is 23.2 Å². The topological polar surface area (TPSA) is 78.5 Å². The molecule has 0 bridgehead atoms. The number of nitrogens with zero attached hydrogens (tertiary/aromatic N) is 1. The summed E-state index contributed by atoms with van der Waals surface area (Å²) in [6.07, 6.45) is 2.07. The molecule has 1 aliphatic heterocycles. The molecule has 2 aliphatic rings. The van der Waals surface area contributed by atoms with Gasteiger partial charge in [0.2, 0.25) is 5.91 Å². The summed E-state index contributed by atoms with van der Waals surface area (Å²) in [4.78, 5) is 39.4. The van der Waals surface area contributed by atoms with E-state index in [1.165, 1.54) is 6.07 Å². The van der Waals surface area contributed by atoms with E-state index >= 15 is 0 Å². The molecule has 31 heavy (non-hydrogen) atoms. The summed E-state index contributed by atoms with van der Waals surface area (Å²) < 4.78 is 0. The zero-order chi connectivity index (χ0) is 22.3. The molecule has 0 aromatic heterocycles. The first-order valence-electron chi connectivity index (χ1n) is 10.1. The van der Waals surface area contributed by atoms with Gasteiger partial charge in [-0.25, -0.2) is 4.79 Å². The van der Waals surface area contributed by atoms with E-state index in [9.17, 15) is 14.4 Å². The lowest BCUT2D eigenvalue weighted by molar-refractivity contribution is -0.135. The SMILES string of the molecule is Cc1ccc(C(NC(=O)CN2C(=O)NC(C)(c3ccc(Cl)cc3Cl)C2=O)C2CC2)cc1. The van der Waals surface area contributed by atoms with E-state index in [0.717, 1.165) is 28.9 Å². The molecule has 1 saturated heterocycles. The second kappa shape index (κ2) is 8.17. The summed E-state index contributed by atoms with van der Waals surface area (Å²) >= 11 is 12.2. The van der Waals surface area contributed by atoms with Crippen LogP contribution in [0, 0.1) is 12.8 Å². The summed E-state index contributed by atoms with van der Waals surface area (Å²) in [6.45, 7) is 3.22. The van der Waals surface area contributed by atoms with Gasteiger partial charge in [0, 0.05) is 15.6 Å². The minimum atomic E-state index is -1.37. The number of hydrogen-bond acceptors (Lipinski definition) is 3. The number of carbonyl (C=O) groups excluding carboxylic acids is 3. The molecule has 4 amide bonds. The molecule has 2 N–H and O–H groups in total. The summed E-state index contributed by atoms with van der Waals surface area (Å²) in [5, 5.41) is 6.37. The lowest BCUT2D eigenvalue weighted by Gasteiger charge is -2.24. The van der Waals surface area contributed by atoms with Gasteiger partial charge in [0.05, 0.1) is 6.04 Å². The lowest BCUT2D eigenvalue weighted by atomic mass is 9.92. The third kappa shape index (κ3) is 4.27. The molecule has 2 atom stereocenters. The van der Waals surface area contributed by atoms with Gasteiger partial charge in [-0.2, -0.15) is 0 Å². The van der Waals surface area contributed by atoms with Crippen LogP contribution in [0.3, 0.4) is 0 Å². The van der Waals surface area contributed by atoms with Gasteiger partial charge in [-0.15, -0.1) is 0 Å². The molecule has 6 nitrogen and oxygen atoms in total. The van der Waals surface area contributed by atoms with Crippen molar-refractivity contribution in [1.82, 2.24) is 15.5 Å². The van der Waals surface area contributed by atoms with Crippen molar-refractivity contribution in [3.05, 3.63) is 69.2 Å². The lowest BCUT2D eigenvalue weighted by Crippen LogP contribution is -2.44. The van der Waals surface area contributed by atoms with E-state index in [2.05, 4.69) is 10.6 Å². The molecule has 2 aromatic carbocycles. The monoisotopic (exact) mass is 459 g/mol. The Bertz CT molecular complexity index is 1050. The number of halogens is 2. The summed E-state index contributed by atoms with van der Waals surface area (Å²) in [5.41, 5.74) is 1.22.